The minimum atomic E-state index is -0.0131. The molecule has 1 amide bonds. The summed E-state index contributed by atoms with van der Waals surface area (Å²) in [6.07, 6.45) is 3.59. The fraction of sp³-hybridized carbons (Fsp3) is 0.250. The van der Waals surface area contributed by atoms with E-state index >= 15 is 0 Å². The van der Waals surface area contributed by atoms with Gasteiger partial charge in [0.25, 0.3) is 5.91 Å². The van der Waals surface area contributed by atoms with Gasteiger partial charge in [-0.2, -0.15) is 11.3 Å². The number of nitrogens with zero attached hydrogens (tertiary/aromatic N) is 3. The number of halogens is 2. The van der Waals surface area contributed by atoms with Crippen molar-refractivity contribution in [1.82, 2.24) is 20.2 Å². The van der Waals surface area contributed by atoms with E-state index in [4.69, 9.17) is 0 Å². The summed E-state index contributed by atoms with van der Waals surface area (Å²) >= 11 is 1.64. The van der Waals surface area contributed by atoms with E-state index in [0.29, 0.717) is 12.1 Å². The van der Waals surface area contributed by atoms with Crippen LogP contribution in [0.15, 0.2) is 53.5 Å². The van der Waals surface area contributed by atoms with Gasteiger partial charge in [-0.15, -0.1) is 24.8 Å². The van der Waals surface area contributed by atoms with Crippen LogP contribution in [0.4, 0.5) is 0 Å². The van der Waals surface area contributed by atoms with E-state index in [1.807, 2.05) is 53.7 Å². The second-order valence-corrected chi connectivity index (χ2v) is 7.13. The Kier molecular flexibility index (Phi) is 7.95. The molecule has 1 N–H and O–H groups in total. The van der Waals surface area contributed by atoms with Crippen LogP contribution in [-0.4, -0.2) is 40.4 Å². The van der Waals surface area contributed by atoms with Gasteiger partial charge in [-0.3, -0.25) is 14.8 Å². The molecule has 0 aromatic carbocycles. The van der Waals surface area contributed by atoms with Crippen LogP contribution in [0.2, 0.25) is 0 Å². The molecule has 4 heterocycles. The van der Waals surface area contributed by atoms with Gasteiger partial charge in [0.1, 0.15) is 0 Å². The van der Waals surface area contributed by atoms with Crippen LogP contribution in [0.5, 0.6) is 0 Å². The number of hydrogen-bond acceptors (Lipinski definition) is 5. The van der Waals surface area contributed by atoms with Crippen molar-refractivity contribution in [1.29, 1.82) is 0 Å². The molecule has 4 rings (SSSR count). The zero-order valence-electron chi connectivity index (χ0n) is 15.4. The van der Waals surface area contributed by atoms with Crippen molar-refractivity contribution in [2.24, 2.45) is 0 Å². The molecule has 0 radical (unpaired) electrons. The topological polar surface area (TPSA) is 58.1 Å². The average molecular weight is 437 g/mol. The first kappa shape index (κ1) is 22.3. The first-order valence-electron chi connectivity index (χ1n) is 8.66. The number of amides is 1. The highest BCUT2D eigenvalue weighted by molar-refractivity contribution is 7.08. The number of rotatable bonds is 3. The van der Waals surface area contributed by atoms with Crippen molar-refractivity contribution in [2.75, 3.05) is 19.6 Å². The van der Waals surface area contributed by atoms with E-state index in [-0.39, 0.29) is 36.8 Å². The quantitative estimate of drug-likeness (QED) is 0.669. The van der Waals surface area contributed by atoms with E-state index in [9.17, 15) is 4.79 Å². The molecule has 0 bridgehead atoms. The number of thiophene rings is 1. The van der Waals surface area contributed by atoms with Crippen LogP contribution in [0.3, 0.4) is 0 Å². The molecule has 148 valence electrons. The molecule has 28 heavy (non-hydrogen) atoms. The monoisotopic (exact) mass is 436 g/mol. The molecular formula is C20H22Cl2N4OS. The number of nitrogens with one attached hydrogen (secondary N) is 1. The molecule has 1 aliphatic rings. The molecule has 1 fully saturated rings. The molecule has 0 aliphatic carbocycles. The van der Waals surface area contributed by atoms with Crippen LogP contribution >= 0.6 is 36.2 Å². The molecule has 1 aliphatic heterocycles. The number of carbonyl (C=O) groups is 1. The summed E-state index contributed by atoms with van der Waals surface area (Å²) in [6, 6.07) is 9.80. The highest BCUT2D eigenvalue weighted by Gasteiger charge is 2.29. The number of aromatic nitrogens is 2. The fourth-order valence-corrected chi connectivity index (χ4v) is 3.98. The SMILES string of the molecule is Cc1nc(-c2ccsc2)ccc1C(=O)N1CCNCC1c1cccnc1.Cl.Cl. The molecule has 5 nitrogen and oxygen atoms in total. The predicted octanol–water partition coefficient (Wildman–Crippen LogP) is 4.14. The van der Waals surface area contributed by atoms with E-state index < -0.39 is 0 Å². The van der Waals surface area contributed by atoms with Gasteiger partial charge in [0.15, 0.2) is 0 Å². The zero-order valence-corrected chi connectivity index (χ0v) is 17.8. The maximum Gasteiger partial charge on any atom is 0.256 e. The minimum absolute atomic E-state index is 0. The lowest BCUT2D eigenvalue weighted by Gasteiger charge is -2.36. The van der Waals surface area contributed by atoms with Crippen LogP contribution < -0.4 is 5.32 Å². The van der Waals surface area contributed by atoms with E-state index in [1.54, 1.807) is 17.5 Å². The smallest absolute Gasteiger partial charge is 0.256 e. The van der Waals surface area contributed by atoms with Crippen LogP contribution in [0, 0.1) is 6.92 Å². The third-order valence-electron chi connectivity index (χ3n) is 4.71. The van der Waals surface area contributed by atoms with Gasteiger partial charge in [-0.25, -0.2) is 0 Å². The van der Waals surface area contributed by atoms with Crippen molar-refractivity contribution in [3.63, 3.8) is 0 Å². The summed E-state index contributed by atoms with van der Waals surface area (Å²) in [4.78, 5) is 24.0. The van der Waals surface area contributed by atoms with Gasteiger partial charge in [-0.1, -0.05) is 6.07 Å². The Morgan fingerprint density at radius 2 is 2.11 bits per heavy atom. The summed E-state index contributed by atoms with van der Waals surface area (Å²) in [5.41, 5.74) is 4.48. The summed E-state index contributed by atoms with van der Waals surface area (Å²) in [7, 11) is 0. The summed E-state index contributed by atoms with van der Waals surface area (Å²) in [5, 5.41) is 7.48. The van der Waals surface area contributed by atoms with Gasteiger partial charge in [0.2, 0.25) is 0 Å². The molecule has 3 aromatic heterocycles. The number of aryl methyl sites for hydroxylation is 1. The van der Waals surface area contributed by atoms with Gasteiger partial charge in [0.05, 0.1) is 23.0 Å². The molecule has 0 saturated carbocycles. The van der Waals surface area contributed by atoms with E-state index in [0.717, 1.165) is 35.6 Å². The Hall–Kier alpha value is -1.99. The lowest BCUT2D eigenvalue weighted by atomic mass is 10.0. The van der Waals surface area contributed by atoms with E-state index in [2.05, 4.69) is 20.7 Å². The molecule has 1 atom stereocenters. The third-order valence-corrected chi connectivity index (χ3v) is 5.39. The predicted molar refractivity (Wildman–Crippen MR) is 118 cm³/mol. The maximum absolute atomic E-state index is 13.2. The molecule has 0 spiro atoms. The fourth-order valence-electron chi connectivity index (χ4n) is 3.33. The Morgan fingerprint density at radius 3 is 2.79 bits per heavy atom. The summed E-state index contributed by atoms with van der Waals surface area (Å²) < 4.78 is 0. The van der Waals surface area contributed by atoms with Crippen LogP contribution in [-0.2, 0) is 0 Å². The second kappa shape index (κ2) is 9.98. The normalized spacial score (nSPS) is 16.0. The van der Waals surface area contributed by atoms with E-state index in [1.165, 1.54) is 0 Å². The Labute approximate surface area is 181 Å². The van der Waals surface area contributed by atoms with Crippen molar-refractivity contribution in [2.45, 2.75) is 13.0 Å². The maximum atomic E-state index is 13.2. The highest BCUT2D eigenvalue weighted by atomic mass is 35.5. The van der Waals surface area contributed by atoms with Crippen molar-refractivity contribution < 1.29 is 4.79 Å². The van der Waals surface area contributed by atoms with Gasteiger partial charge < -0.3 is 10.2 Å². The molecule has 3 aromatic rings. The number of hydrogen-bond donors (Lipinski definition) is 1. The Balaban J connectivity index is 0.00000140. The summed E-state index contributed by atoms with van der Waals surface area (Å²) in [6.45, 7) is 4.10. The lowest BCUT2D eigenvalue weighted by molar-refractivity contribution is 0.0632. The highest BCUT2D eigenvalue weighted by Crippen LogP contribution is 2.26. The summed E-state index contributed by atoms with van der Waals surface area (Å²) in [5.74, 6) is 0.0298. The van der Waals surface area contributed by atoms with Crippen molar-refractivity contribution >= 4 is 42.1 Å². The zero-order chi connectivity index (χ0) is 17.9. The first-order valence-corrected chi connectivity index (χ1v) is 9.60. The van der Waals surface area contributed by atoms with Gasteiger partial charge in [0, 0.05) is 43.0 Å². The van der Waals surface area contributed by atoms with Crippen LogP contribution in [0.1, 0.15) is 27.7 Å². The second-order valence-electron chi connectivity index (χ2n) is 6.35. The van der Waals surface area contributed by atoms with Crippen molar-refractivity contribution in [3.05, 3.63) is 70.3 Å². The number of carbonyl (C=O) groups excluding carboxylic acids is 1. The number of piperazine rings is 1. The Morgan fingerprint density at radius 1 is 1.25 bits per heavy atom. The number of pyridine rings is 2. The van der Waals surface area contributed by atoms with Crippen LogP contribution in [0.25, 0.3) is 11.3 Å². The van der Waals surface area contributed by atoms with Gasteiger partial charge in [-0.05, 0) is 42.1 Å². The Bertz CT molecular complexity index is 906. The molecule has 1 unspecified atom stereocenters. The van der Waals surface area contributed by atoms with Crippen molar-refractivity contribution in [3.8, 4) is 11.3 Å². The lowest BCUT2D eigenvalue weighted by Crippen LogP contribution is -2.48. The minimum Gasteiger partial charge on any atom is -0.329 e. The molecule has 8 heteroatoms. The largest absolute Gasteiger partial charge is 0.329 e. The third kappa shape index (κ3) is 4.52. The van der Waals surface area contributed by atoms with Gasteiger partial charge >= 0.3 is 0 Å². The first-order chi connectivity index (χ1) is 12.7. The molecular weight excluding hydrogens is 415 g/mol. The molecule has 1 saturated heterocycles. The standard InChI is InChI=1S/C20H20N4OS.2ClH/c1-14-17(4-5-18(23-14)16-6-10-26-13-16)20(25)24-9-8-22-12-19(24)15-3-2-7-21-11-15;;/h2-7,10-11,13,19,22H,8-9,12H2,1H3;2*1H. The average Bonchev–Trinajstić information content (AvgIpc) is 3.23.